The second kappa shape index (κ2) is 8.15. The van der Waals surface area contributed by atoms with E-state index in [1.54, 1.807) is 12.1 Å². The molecular weight excluding hydrogens is 368 g/mol. The average Bonchev–Trinajstić information content (AvgIpc) is 3.18. The number of fused-ring (bicyclic) bond motifs is 1. The number of hydrogen-bond donors (Lipinski definition) is 2. The van der Waals surface area contributed by atoms with E-state index in [0.29, 0.717) is 30.0 Å². The van der Waals surface area contributed by atoms with Crippen LogP contribution in [0.4, 0.5) is 11.4 Å². The Morgan fingerprint density at radius 3 is 2.21 bits per heavy atom. The molecule has 2 amide bonds. The van der Waals surface area contributed by atoms with Gasteiger partial charge in [0.25, 0.3) is 0 Å². The number of nitrogens with one attached hydrogen (secondary N) is 2. The number of rotatable bonds is 4. The van der Waals surface area contributed by atoms with E-state index in [4.69, 9.17) is 9.47 Å². The third-order valence-corrected chi connectivity index (χ3v) is 5.76. The first-order valence-corrected chi connectivity index (χ1v) is 10.1. The van der Waals surface area contributed by atoms with Crippen LogP contribution in [0.1, 0.15) is 36.8 Å². The second-order valence-electron chi connectivity index (χ2n) is 7.91. The van der Waals surface area contributed by atoms with E-state index >= 15 is 0 Å². The molecule has 0 spiro atoms. The van der Waals surface area contributed by atoms with Gasteiger partial charge in [-0.1, -0.05) is 12.1 Å². The summed E-state index contributed by atoms with van der Waals surface area (Å²) in [6.45, 7) is 4.21. The van der Waals surface area contributed by atoms with Gasteiger partial charge in [-0.15, -0.1) is 0 Å². The van der Waals surface area contributed by atoms with Crippen LogP contribution >= 0.6 is 0 Å². The lowest BCUT2D eigenvalue weighted by Crippen LogP contribution is -2.32. The molecule has 1 heterocycles. The van der Waals surface area contributed by atoms with Gasteiger partial charge in [-0.05, 0) is 68.9 Å². The van der Waals surface area contributed by atoms with Crippen LogP contribution in [-0.2, 0) is 9.59 Å². The summed E-state index contributed by atoms with van der Waals surface area (Å²) in [5.41, 5.74) is 3.75. The molecule has 0 aromatic heterocycles. The van der Waals surface area contributed by atoms with Crippen LogP contribution in [0.2, 0.25) is 0 Å². The first kappa shape index (κ1) is 19.3. The summed E-state index contributed by atoms with van der Waals surface area (Å²) in [4.78, 5) is 25.3. The lowest BCUT2D eigenvalue weighted by molar-refractivity contribution is -0.125. The summed E-state index contributed by atoms with van der Waals surface area (Å²) < 4.78 is 10.6. The van der Waals surface area contributed by atoms with Crippen molar-refractivity contribution in [1.82, 2.24) is 0 Å². The molecule has 0 atom stereocenters. The van der Waals surface area contributed by atoms with Crippen LogP contribution in [0.25, 0.3) is 0 Å². The molecule has 6 heteroatoms. The molecule has 2 aromatic carbocycles. The minimum Gasteiger partial charge on any atom is -0.454 e. The van der Waals surface area contributed by atoms with Crippen molar-refractivity contribution in [3.63, 3.8) is 0 Å². The Morgan fingerprint density at radius 2 is 1.48 bits per heavy atom. The highest BCUT2D eigenvalue weighted by Gasteiger charge is 2.30. The van der Waals surface area contributed by atoms with Gasteiger partial charge in [0.15, 0.2) is 11.5 Å². The van der Waals surface area contributed by atoms with E-state index in [-0.39, 0.29) is 30.4 Å². The van der Waals surface area contributed by atoms with Gasteiger partial charge in [0.05, 0.1) is 0 Å². The monoisotopic (exact) mass is 394 g/mol. The van der Waals surface area contributed by atoms with Crippen LogP contribution in [0.3, 0.4) is 0 Å². The predicted octanol–water partition coefficient (Wildman–Crippen LogP) is 4.42. The zero-order valence-electron chi connectivity index (χ0n) is 16.8. The van der Waals surface area contributed by atoms with E-state index in [2.05, 4.69) is 10.6 Å². The normalized spacial score (nSPS) is 20.2. The number of carbonyl (C=O) groups excluding carboxylic acids is 2. The molecule has 29 heavy (non-hydrogen) atoms. The summed E-state index contributed by atoms with van der Waals surface area (Å²) in [7, 11) is 0. The lowest BCUT2D eigenvalue weighted by atomic mass is 9.81. The summed E-state index contributed by atoms with van der Waals surface area (Å²) in [6.07, 6.45) is 2.86. The van der Waals surface area contributed by atoms with Gasteiger partial charge >= 0.3 is 0 Å². The zero-order chi connectivity index (χ0) is 20.4. The van der Waals surface area contributed by atoms with E-state index in [0.717, 1.165) is 29.7 Å². The molecule has 6 nitrogen and oxygen atoms in total. The fourth-order valence-electron chi connectivity index (χ4n) is 3.94. The van der Waals surface area contributed by atoms with Crippen LogP contribution in [0.5, 0.6) is 11.5 Å². The number of amides is 2. The largest absolute Gasteiger partial charge is 0.454 e. The third kappa shape index (κ3) is 4.36. The summed E-state index contributed by atoms with van der Waals surface area (Å²) in [5.74, 6) is 1.26. The molecule has 0 unspecified atom stereocenters. The maximum Gasteiger partial charge on any atom is 0.231 e. The quantitative estimate of drug-likeness (QED) is 0.805. The van der Waals surface area contributed by atoms with Gasteiger partial charge in [0.1, 0.15) is 0 Å². The minimum absolute atomic E-state index is 0.00254. The van der Waals surface area contributed by atoms with Crippen molar-refractivity contribution in [3.8, 4) is 11.5 Å². The molecule has 1 aliphatic carbocycles. The van der Waals surface area contributed by atoms with E-state index in [9.17, 15) is 9.59 Å². The Kier molecular flexibility index (Phi) is 5.43. The maximum absolute atomic E-state index is 12.7. The maximum atomic E-state index is 12.7. The number of benzene rings is 2. The van der Waals surface area contributed by atoms with Gasteiger partial charge in [-0.3, -0.25) is 9.59 Å². The topological polar surface area (TPSA) is 76.7 Å². The third-order valence-electron chi connectivity index (χ3n) is 5.76. The van der Waals surface area contributed by atoms with Crippen LogP contribution in [-0.4, -0.2) is 18.6 Å². The molecule has 2 N–H and O–H groups in total. The second-order valence-corrected chi connectivity index (χ2v) is 7.91. The van der Waals surface area contributed by atoms with E-state index in [1.165, 1.54) is 0 Å². The smallest absolute Gasteiger partial charge is 0.231 e. The van der Waals surface area contributed by atoms with Gasteiger partial charge < -0.3 is 20.1 Å². The van der Waals surface area contributed by atoms with Crippen molar-refractivity contribution < 1.29 is 19.1 Å². The van der Waals surface area contributed by atoms with Gasteiger partial charge in [0.2, 0.25) is 18.6 Å². The molecule has 4 rings (SSSR count). The minimum atomic E-state index is -0.0785. The predicted molar refractivity (Wildman–Crippen MR) is 111 cm³/mol. The summed E-state index contributed by atoms with van der Waals surface area (Å²) >= 11 is 0. The SMILES string of the molecule is Cc1ccc(C)c(NC(=O)C2CCC(C(=O)Nc3ccc4c(c3)OCO4)CC2)c1. The van der Waals surface area contributed by atoms with Crippen LogP contribution < -0.4 is 20.1 Å². The van der Waals surface area contributed by atoms with Crippen LogP contribution in [0.15, 0.2) is 36.4 Å². The van der Waals surface area contributed by atoms with Crippen molar-refractivity contribution >= 4 is 23.2 Å². The van der Waals surface area contributed by atoms with Gasteiger partial charge in [-0.2, -0.15) is 0 Å². The molecule has 2 aliphatic rings. The lowest BCUT2D eigenvalue weighted by Gasteiger charge is -2.27. The highest BCUT2D eigenvalue weighted by Crippen LogP contribution is 2.35. The molecule has 0 radical (unpaired) electrons. The van der Waals surface area contributed by atoms with Crippen molar-refractivity contribution in [2.75, 3.05) is 17.4 Å². The first-order chi connectivity index (χ1) is 14.0. The highest BCUT2D eigenvalue weighted by molar-refractivity contribution is 5.95. The molecule has 152 valence electrons. The Morgan fingerprint density at radius 1 is 0.828 bits per heavy atom. The van der Waals surface area contributed by atoms with Gasteiger partial charge in [0, 0.05) is 29.3 Å². The van der Waals surface area contributed by atoms with Crippen molar-refractivity contribution in [2.45, 2.75) is 39.5 Å². The number of hydrogen-bond acceptors (Lipinski definition) is 4. The van der Waals surface area contributed by atoms with Crippen LogP contribution in [0, 0.1) is 25.7 Å². The standard InChI is InChI=1S/C23H26N2O4/c1-14-3-4-15(2)19(11-14)25-23(27)17-7-5-16(6-8-17)22(26)24-18-9-10-20-21(12-18)29-13-28-20/h3-4,9-12,16-17H,5-8,13H2,1-2H3,(H,24,26)(H,25,27). The Balaban J connectivity index is 1.30. The first-order valence-electron chi connectivity index (χ1n) is 10.1. The Labute approximate surface area is 170 Å². The van der Waals surface area contributed by atoms with E-state index in [1.807, 2.05) is 38.1 Å². The molecule has 1 fully saturated rings. The molecular formula is C23H26N2O4. The molecule has 2 aromatic rings. The highest BCUT2D eigenvalue weighted by atomic mass is 16.7. The molecule has 1 aliphatic heterocycles. The van der Waals surface area contributed by atoms with Crippen molar-refractivity contribution in [3.05, 3.63) is 47.5 Å². The average molecular weight is 394 g/mol. The number of anilines is 2. The van der Waals surface area contributed by atoms with Gasteiger partial charge in [-0.25, -0.2) is 0 Å². The van der Waals surface area contributed by atoms with E-state index < -0.39 is 0 Å². The zero-order valence-corrected chi connectivity index (χ0v) is 16.8. The summed E-state index contributed by atoms with van der Waals surface area (Å²) in [5, 5.41) is 6.03. The Bertz CT molecular complexity index is 932. The fraction of sp³-hybridized carbons (Fsp3) is 0.391. The van der Waals surface area contributed by atoms with Crippen molar-refractivity contribution in [1.29, 1.82) is 0 Å². The molecule has 1 saturated carbocycles. The Hall–Kier alpha value is -3.02. The number of ether oxygens (including phenoxy) is 2. The number of aryl methyl sites for hydroxylation is 2. The molecule has 0 saturated heterocycles. The number of carbonyl (C=O) groups is 2. The fourth-order valence-corrected chi connectivity index (χ4v) is 3.94. The van der Waals surface area contributed by atoms with Crippen molar-refractivity contribution in [2.24, 2.45) is 11.8 Å². The summed E-state index contributed by atoms with van der Waals surface area (Å²) in [6, 6.07) is 11.4. The molecule has 0 bridgehead atoms.